The molecule has 0 aliphatic carbocycles. The van der Waals surface area contributed by atoms with Crippen LogP contribution in [0.1, 0.15) is 22.5 Å². The SMILES string of the molecule is NC(=O)[C@@H](SC[C@@H](O)c1ccccc1)c1ccccc1. The maximum atomic E-state index is 11.6. The van der Waals surface area contributed by atoms with Crippen molar-refractivity contribution < 1.29 is 9.90 Å². The summed E-state index contributed by atoms with van der Waals surface area (Å²) in [5, 5.41) is 9.69. The number of amides is 1. The molecule has 0 aliphatic rings. The molecular formula is C16H17NO2S. The number of rotatable bonds is 6. The summed E-state index contributed by atoms with van der Waals surface area (Å²) in [6, 6.07) is 18.8. The van der Waals surface area contributed by atoms with Gasteiger partial charge in [-0.05, 0) is 11.1 Å². The lowest BCUT2D eigenvalue weighted by Crippen LogP contribution is -2.20. The number of hydrogen-bond acceptors (Lipinski definition) is 3. The van der Waals surface area contributed by atoms with E-state index >= 15 is 0 Å². The molecule has 0 heterocycles. The predicted molar refractivity (Wildman–Crippen MR) is 82.2 cm³/mol. The molecule has 1 amide bonds. The summed E-state index contributed by atoms with van der Waals surface area (Å²) in [4.78, 5) is 11.6. The van der Waals surface area contributed by atoms with Crippen LogP contribution in [0.5, 0.6) is 0 Å². The molecule has 0 unspecified atom stereocenters. The first-order valence-electron chi connectivity index (χ1n) is 6.37. The first kappa shape index (κ1) is 14.6. The van der Waals surface area contributed by atoms with Gasteiger partial charge in [0.25, 0.3) is 0 Å². The molecule has 104 valence electrons. The van der Waals surface area contributed by atoms with Crippen LogP contribution in [0.2, 0.25) is 0 Å². The van der Waals surface area contributed by atoms with Gasteiger partial charge in [0.1, 0.15) is 5.25 Å². The summed E-state index contributed by atoms with van der Waals surface area (Å²) < 4.78 is 0. The minimum Gasteiger partial charge on any atom is -0.388 e. The van der Waals surface area contributed by atoms with E-state index in [-0.39, 0.29) is 5.91 Å². The van der Waals surface area contributed by atoms with E-state index in [9.17, 15) is 9.90 Å². The Morgan fingerprint density at radius 3 is 2.00 bits per heavy atom. The first-order valence-corrected chi connectivity index (χ1v) is 7.42. The minimum absolute atomic E-state index is 0.388. The Labute approximate surface area is 122 Å². The van der Waals surface area contributed by atoms with Crippen LogP contribution in [0.15, 0.2) is 60.7 Å². The highest BCUT2D eigenvalue weighted by molar-refractivity contribution is 8.00. The number of hydrogen-bond donors (Lipinski definition) is 2. The monoisotopic (exact) mass is 287 g/mol. The summed E-state index contributed by atoms with van der Waals surface area (Å²) in [7, 11) is 0. The summed E-state index contributed by atoms with van der Waals surface area (Å²) in [5.74, 6) is 0.0356. The third-order valence-corrected chi connectivity index (χ3v) is 4.31. The average molecular weight is 287 g/mol. The van der Waals surface area contributed by atoms with Crippen molar-refractivity contribution in [2.24, 2.45) is 5.73 Å². The number of benzene rings is 2. The van der Waals surface area contributed by atoms with Crippen LogP contribution in [0.25, 0.3) is 0 Å². The van der Waals surface area contributed by atoms with Gasteiger partial charge in [-0.1, -0.05) is 60.7 Å². The lowest BCUT2D eigenvalue weighted by molar-refractivity contribution is -0.117. The number of aliphatic hydroxyl groups is 1. The van der Waals surface area contributed by atoms with Crippen LogP contribution in [-0.2, 0) is 4.79 Å². The van der Waals surface area contributed by atoms with Crippen molar-refractivity contribution in [2.45, 2.75) is 11.4 Å². The number of carbonyl (C=O) groups is 1. The highest BCUT2D eigenvalue weighted by atomic mass is 32.2. The van der Waals surface area contributed by atoms with Gasteiger partial charge >= 0.3 is 0 Å². The van der Waals surface area contributed by atoms with Gasteiger partial charge in [0.15, 0.2) is 0 Å². The summed E-state index contributed by atoms with van der Waals surface area (Å²) in [5.41, 5.74) is 7.16. The van der Waals surface area contributed by atoms with Crippen molar-refractivity contribution in [1.82, 2.24) is 0 Å². The second-order valence-electron chi connectivity index (χ2n) is 4.45. The topological polar surface area (TPSA) is 63.3 Å². The third kappa shape index (κ3) is 3.85. The van der Waals surface area contributed by atoms with Crippen molar-refractivity contribution in [2.75, 3.05) is 5.75 Å². The number of carbonyl (C=O) groups excluding carboxylic acids is 1. The Hall–Kier alpha value is -1.78. The molecule has 0 spiro atoms. The number of thioether (sulfide) groups is 1. The fourth-order valence-electron chi connectivity index (χ4n) is 1.93. The predicted octanol–water partition coefficient (Wildman–Crippen LogP) is 2.68. The van der Waals surface area contributed by atoms with Crippen LogP contribution >= 0.6 is 11.8 Å². The van der Waals surface area contributed by atoms with Crippen molar-refractivity contribution >= 4 is 17.7 Å². The Morgan fingerprint density at radius 2 is 1.50 bits per heavy atom. The van der Waals surface area contributed by atoms with Gasteiger partial charge in [-0.25, -0.2) is 0 Å². The lowest BCUT2D eigenvalue weighted by atomic mass is 10.1. The maximum absolute atomic E-state index is 11.6. The number of aliphatic hydroxyl groups excluding tert-OH is 1. The molecule has 0 saturated carbocycles. The Balaban J connectivity index is 2.02. The smallest absolute Gasteiger partial charge is 0.235 e. The van der Waals surface area contributed by atoms with Crippen LogP contribution in [0.3, 0.4) is 0 Å². The number of nitrogens with two attached hydrogens (primary N) is 1. The molecule has 3 N–H and O–H groups in total. The van der Waals surface area contributed by atoms with E-state index in [0.29, 0.717) is 5.75 Å². The Kier molecular flexibility index (Phi) is 5.21. The van der Waals surface area contributed by atoms with E-state index in [2.05, 4.69) is 0 Å². The summed E-state index contributed by atoms with van der Waals surface area (Å²) >= 11 is 1.36. The summed E-state index contributed by atoms with van der Waals surface area (Å²) in [6.45, 7) is 0. The van der Waals surface area contributed by atoms with Crippen LogP contribution in [0.4, 0.5) is 0 Å². The van der Waals surface area contributed by atoms with Gasteiger partial charge < -0.3 is 10.8 Å². The van der Waals surface area contributed by atoms with E-state index in [1.807, 2.05) is 60.7 Å². The van der Waals surface area contributed by atoms with Crippen LogP contribution < -0.4 is 5.73 Å². The molecule has 2 aromatic carbocycles. The normalized spacial score (nSPS) is 13.7. The van der Waals surface area contributed by atoms with Crippen LogP contribution in [0, 0.1) is 0 Å². The standard InChI is InChI=1S/C16H17NO2S/c17-16(19)15(13-9-5-2-6-10-13)20-11-14(18)12-7-3-1-4-8-12/h1-10,14-15,18H,11H2,(H2,17,19)/t14-,15+/m1/s1. The molecule has 0 bridgehead atoms. The molecule has 0 fully saturated rings. The van der Waals surface area contributed by atoms with Crippen molar-refractivity contribution in [3.63, 3.8) is 0 Å². The highest BCUT2D eigenvalue weighted by Crippen LogP contribution is 2.31. The molecule has 0 aromatic heterocycles. The average Bonchev–Trinajstić information content (AvgIpc) is 2.49. The lowest BCUT2D eigenvalue weighted by Gasteiger charge is -2.16. The van der Waals surface area contributed by atoms with E-state index in [1.54, 1.807) is 0 Å². The van der Waals surface area contributed by atoms with E-state index < -0.39 is 11.4 Å². The van der Waals surface area contributed by atoms with Crippen molar-refractivity contribution in [1.29, 1.82) is 0 Å². The largest absolute Gasteiger partial charge is 0.388 e. The third-order valence-electron chi connectivity index (χ3n) is 2.97. The second kappa shape index (κ2) is 7.12. The fourth-order valence-corrected chi connectivity index (χ4v) is 3.01. The highest BCUT2D eigenvalue weighted by Gasteiger charge is 2.20. The van der Waals surface area contributed by atoms with Gasteiger partial charge in [0.05, 0.1) is 6.10 Å². The molecule has 0 aliphatic heterocycles. The van der Waals surface area contributed by atoms with Gasteiger partial charge in [-0.15, -0.1) is 11.8 Å². The Morgan fingerprint density at radius 1 is 1.00 bits per heavy atom. The van der Waals surface area contributed by atoms with Crippen molar-refractivity contribution in [3.8, 4) is 0 Å². The molecule has 3 nitrogen and oxygen atoms in total. The molecule has 4 heteroatoms. The molecule has 0 radical (unpaired) electrons. The molecule has 2 aromatic rings. The first-order chi connectivity index (χ1) is 9.68. The van der Waals surface area contributed by atoms with E-state index in [4.69, 9.17) is 5.73 Å². The molecule has 2 atom stereocenters. The zero-order valence-corrected chi connectivity index (χ0v) is 11.8. The number of primary amides is 1. The molecule has 20 heavy (non-hydrogen) atoms. The van der Waals surface area contributed by atoms with Gasteiger partial charge in [-0.3, -0.25) is 4.79 Å². The molecule has 0 saturated heterocycles. The zero-order valence-electron chi connectivity index (χ0n) is 11.0. The summed E-state index contributed by atoms with van der Waals surface area (Å²) in [6.07, 6.45) is -0.605. The molecule has 2 rings (SSSR count). The quantitative estimate of drug-likeness (QED) is 0.858. The zero-order chi connectivity index (χ0) is 14.4. The molecular weight excluding hydrogens is 270 g/mol. The maximum Gasteiger partial charge on any atom is 0.235 e. The fraction of sp³-hybridized carbons (Fsp3) is 0.188. The minimum atomic E-state index is -0.605. The van der Waals surface area contributed by atoms with Gasteiger partial charge in [0.2, 0.25) is 5.91 Å². The van der Waals surface area contributed by atoms with Crippen molar-refractivity contribution in [3.05, 3.63) is 71.8 Å². The van der Waals surface area contributed by atoms with Crippen LogP contribution in [-0.4, -0.2) is 16.8 Å². The second-order valence-corrected chi connectivity index (χ2v) is 5.59. The van der Waals surface area contributed by atoms with Gasteiger partial charge in [0, 0.05) is 5.75 Å². The Bertz CT molecular complexity index is 545. The van der Waals surface area contributed by atoms with Gasteiger partial charge in [-0.2, -0.15) is 0 Å². The van der Waals surface area contributed by atoms with E-state index in [0.717, 1.165) is 11.1 Å². The van der Waals surface area contributed by atoms with E-state index in [1.165, 1.54) is 11.8 Å².